The number of piperazine rings is 1. The van der Waals surface area contributed by atoms with E-state index in [4.69, 9.17) is 0 Å². The summed E-state index contributed by atoms with van der Waals surface area (Å²) in [5.41, 5.74) is 3.41. The van der Waals surface area contributed by atoms with Crippen molar-refractivity contribution in [1.29, 1.82) is 0 Å². The van der Waals surface area contributed by atoms with Gasteiger partial charge in [-0.3, -0.25) is 9.59 Å². The molecule has 4 rings (SSSR count). The number of benzene rings is 2. The van der Waals surface area contributed by atoms with Crippen LogP contribution in [0, 0.1) is 0 Å². The van der Waals surface area contributed by atoms with Crippen LogP contribution in [0.5, 0.6) is 0 Å². The zero-order chi connectivity index (χ0) is 20.8. The monoisotopic (exact) mass is 401 g/mol. The Bertz CT molecular complexity index is 1030. The first kappa shape index (κ1) is 20.0. The molecular weight excluding hydrogens is 374 g/mol. The van der Waals surface area contributed by atoms with Crippen LogP contribution in [0.2, 0.25) is 0 Å². The van der Waals surface area contributed by atoms with Gasteiger partial charge in [-0.25, -0.2) is 0 Å². The maximum Gasteiger partial charge on any atom is 0.246 e. The average Bonchev–Trinajstić information content (AvgIpc) is 3.21. The van der Waals surface area contributed by atoms with Crippen LogP contribution >= 0.6 is 0 Å². The molecule has 1 N–H and O–H groups in total. The molecule has 1 aliphatic rings. The molecular formula is C25H27N3O2. The van der Waals surface area contributed by atoms with Crippen LogP contribution < -0.4 is 0 Å². The molecule has 1 fully saturated rings. The largest absolute Gasteiger partial charge is 0.361 e. The third kappa shape index (κ3) is 4.79. The number of carbonyl (C=O) groups excluding carboxylic acids is 2. The number of fused-ring (bicyclic) bond motifs is 1. The van der Waals surface area contributed by atoms with Crippen molar-refractivity contribution in [3.63, 3.8) is 0 Å². The second-order valence-electron chi connectivity index (χ2n) is 7.66. The van der Waals surface area contributed by atoms with E-state index in [0.29, 0.717) is 32.6 Å². The van der Waals surface area contributed by atoms with E-state index in [2.05, 4.69) is 17.1 Å². The predicted octanol–water partition coefficient (Wildman–Crippen LogP) is 3.87. The van der Waals surface area contributed by atoms with Crippen molar-refractivity contribution in [2.45, 2.75) is 19.3 Å². The summed E-state index contributed by atoms with van der Waals surface area (Å²) >= 11 is 0. The topological polar surface area (TPSA) is 56.4 Å². The van der Waals surface area contributed by atoms with Gasteiger partial charge in [0.15, 0.2) is 0 Å². The molecule has 1 aromatic heterocycles. The van der Waals surface area contributed by atoms with Gasteiger partial charge in [0.05, 0.1) is 0 Å². The van der Waals surface area contributed by atoms with Gasteiger partial charge in [0.2, 0.25) is 11.8 Å². The summed E-state index contributed by atoms with van der Waals surface area (Å²) in [6.07, 6.45) is 7.76. The summed E-state index contributed by atoms with van der Waals surface area (Å²) in [6, 6.07) is 18.0. The Morgan fingerprint density at radius 3 is 2.40 bits per heavy atom. The maximum absolute atomic E-state index is 12.6. The number of amides is 2. The number of aromatic nitrogens is 1. The molecule has 5 heteroatoms. The molecule has 1 aliphatic heterocycles. The number of hydrogen-bond donors (Lipinski definition) is 1. The molecule has 0 radical (unpaired) electrons. The maximum atomic E-state index is 12.6. The standard InChI is InChI=1S/C25H27N3O2/c29-24(12-6-9-21-19-26-23-11-5-4-10-22(21)23)27-15-17-28(18-16-27)25(30)14-13-20-7-2-1-3-8-20/h1-5,7-8,10-11,13-14,19,26H,6,9,12,15-18H2. The molecule has 5 nitrogen and oxygen atoms in total. The van der Waals surface area contributed by atoms with Crippen molar-refractivity contribution < 1.29 is 9.59 Å². The summed E-state index contributed by atoms with van der Waals surface area (Å²) in [5.74, 6) is 0.187. The van der Waals surface area contributed by atoms with Crippen LogP contribution in [0.4, 0.5) is 0 Å². The lowest BCUT2D eigenvalue weighted by molar-refractivity contribution is -0.137. The molecule has 2 aromatic carbocycles. The van der Waals surface area contributed by atoms with Gasteiger partial charge >= 0.3 is 0 Å². The highest BCUT2D eigenvalue weighted by atomic mass is 16.2. The number of nitrogens with one attached hydrogen (secondary N) is 1. The molecule has 3 aromatic rings. The lowest BCUT2D eigenvalue weighted by Crippen LogP contribution is -2.50. The van der Waals surface area contributed by atoms with Crippen LogP contribution in [0.25, 0.3) is 17.0 Å². The van der Waals surface area contributed by atoms with E-state index in [1.807, 2.05) is 64.5 Å². The van der Waals surface area contributed by atoms with Gasteiger partial charge < -0.3 is 14.8 Å². The van der Waals surface area contributed by atoms with E-state index in [1.165, 1.54) is 10.9 Å². The number of carbonyl (C=O) groups is 2. The highest BCUT2D eigenvalue weighted by molar-refractivity contribution is 5.92. The van der Waals surface area contributed by atoms with E-state index < -0.39 is 0 Å². The first-order valence-corrected chi connectivity index (χ1v) is 10.6. The van der Waals surface area contributed by atoms with Crippen molar-refractivity contribution in [3.05, 3.63) is 78.0 Å². The zero-order valence-corrected chi connectivity index (χ0v) is 17.1. The number of rotatable bonds is 6. The SMILES string of the molecule is O=C(C=Cc1ccccc1)N1CCN(C(=O)CCCc2c[nH]c3ccccc23)CC1. The molecule has 30 heavy (non-hydrogen) atoms. The van der Waals surface area contributed by atoms with E-state index in [0.717, 1.165) is 23.9 Å². The summed E-state index contributed by atoms with van der Waals surface area (Å²) in [6.45, 7) is 2.39. The lowest BCUT2D eigenvalue weighted by atomic mass is 10.1. The van der Waals surface area contributed by atoms with E-state index in [-0.39, 0.29) is 11.8 Å². The van der Waals surface area contributed by atoms with Crippen molar-refractivity contribution in [2.24, 2.45) is 0 Å². The minimum Gasteiger partial charge on any atom is -0.361 e. The average molecular weight is 402 g/mol. The number of para-hydroxylation sites is 1. The Balaban J connectivity index is 1.21. The second-order valence-corrected chi connectivity index (χ2v) is 7.66. The first-order valence-electron chi connectivity index (χ1n) is 10.6. The van der Waals surface area contributed by atoms with Crippen molar-refractivity contribution in [2.75, 3.05) is 26.2 Å². The van der Waals surface area contributed by atoms with E-state index >= 15 is 0 Å². The molecule has 2 heterocycles. The Labute approximate surface area is 177 Å². The molecule has 0 aliphatic carbocycles. The molecule has 2 amide bonds. The lowest BCUT2D eigenvalue weighted by Gasteiger charge is -2.34. The predicted molar refractivity (Wildman–Crippen MR) is 120 cm³/mol. The Hall–Kier alpha value is -3.34. The normalized spacial score (nSPS) is 14.5. The third-order valence-corrected chi connectivity index (χ3v) is 5.67. The highest BCUT2D eigenvalue weighted by Gasteiger charge is 2.22. The summed E-state index contributed by atoms with van der Waals surface area (Å²) in [5, 5.41) is 1.24. The fourth-order valence-corrected chi connectivity index (χ4v) is 3.94. The number of aromatic amines is 1. The van der Waals surface area contributed by atoms with Gasteiger partial charge in [-0.15, -0.1) is 0 Å². The second kappa shape index (κ2) is 9.44. The van der Waals surface area contributed by atoms with Gasteiger partial charge in [-0.05, 0) is 36.1 Å². The van der Waals surface area contributed by atoms with Crippen molar-refractivity contribution >= 4 is 28.8 Å². The van der Waals surface area contributed by atoms with Crippen LogP contribution in [-0.4, -0.2) is 52.8 Å². The van der Waals surface area contributed by atoms with Crippen LogP contribution in [0.3, 0.4) is 0 Å². The fourth-order valence-electron chi connectivity index (χ4n) is 3.94. The van der Waals surface area contributed by atoms with Crippen LogP contribution in [-0.2, 0) is 16.0 Å². The molecule has 154 valence electrons. The number of H-pyrrole nitrogens is 1. The summed E-state index contributed by atoms with van der Waals surface area (Å²) in [4.78, 5) is 32.0. The quantitative estimate of drug-likeness (QED) is 0.638. The van der Waals surface area contributed by atoms with Gasteiger partial charge in [-0.2, -0.15) is 0 Å². The number of aryl methyl sites for hydroxylation is 1. The first-order chi connectivity index (χ1) is 14.7. The van der Waals surface area contributed by atoms with E-state index in [1.54, 1.807) is 6.08 Å². The van der Waals surface area contributed by atoms with Crippen molar-refractivity contribution in [3.8, 4) is 0 Å². The smallest absolute Gasteiger partial charge is 0.246 e. The molecule has 1 saturated heterocycles. The minimum absolute atomic E-state index is 0.00490. The van der Waals surface area contributed by atoms with E-state index in [9.17, 15) is 9.59 Å². The van der Waals surface area contributed by atoms with Crippen molar-refractivity contribution in [1.82, 2.24) is 14.8 Å². The van der Waals surface area contributed by atoms with Gasteiger partial charge in [-0.1, -0.05) is 48.5 Å². The Morgan fingerprint density at radius 2 is 1.60 bits per heavy atom. The minimum atomic E-state index is 0.00490. The fraction of sp³-hybridized carbons (Fsp3) is 0.280. The Morgan fingerprint density at radius 1 is 0.900 bits per heavy atom. The summed E-state index contributed by atoms with van der Waals surface area (Å²) < 4.78 is 0. The summed E-state index contributed by atoms with van der Waals surface area (Å²) in [7, 11) is 0. The highest BCUT2D eigenvalue weighted by Crippen LogP contribution is 2.19. The number of hydrogen-bond acceptors (Lipinski definition) is 2. The molecule has 0 spiro atoms. The third-order valence-electron chi connectivity index (χ3n) is 5.67. The van der Waals surface area contributed by atoms with Gasteiger partial charge in [0.25, 0.3) is 0 Å². The van der Waals surface area contributed by atoms with Gasteiger partial charge in [0.1, 0.15) is 0 Å². The van der Waals surface area contributed by atoms with Crippen LogP contribution in [0.15, 0.2) is 66.9 Å². The molecule has 0 bridgehead atoms. The molecule has 0 atom stereocenters. The molecule has 0 saturated carbocycles. The van der Waals surface area contributed by atoms with Gasteiger partial charge in [0, 0.05) is 55.8 Å². The molecule has 0 unspecified atom stereocenters. The van der Waals surface area contributed by atoms with Crippen LogP contribution in [0.1, 0.15) is 24.0 Å². The Kier molecular flexibility index (Phi) is 6.28. The number of nitrogens with zero attached hydrogens (tertiary/aromatic N) is 2. The zero-order valence-electron chi connectivity index (χ0n) is 17.1.